The van der Waals surface area contributed by atoms with E-state index in [2.05, 4.69) is 98.9 Å². The Morgan fingerprint density at radius 3 is 1.69 bits per heavy atom. The summed E-state index contributed by atoms with van der Waals surface area (Å²) in [6.07, 6.45) is 24.5. The Labute approximate surface area is 391 Å². The molecular formula is C51H83N11O3. The van der Waals surface area contributed by atoms with E-state index in [0.717, 1.165) is 44.0 Å². The molecule has 8 rings (SSSR count). The van der Waals surface area contributed by atoms with Crippen LogP contribution in [0.2, 0.25) is 0 Å². The van der Waals surface area contributed by atoms with Gasteiger partial charge < -0.3 is 31.4 Å². The Hall–Kier alpha value is -4.28. The molecule has 360 valence electrons. The van der Waals surface area contributed by atoms with Gasteiger partial charge in [0.1, 0.15) is 19.0 Å². The van der Waals surface area contributed by atoms with Crippen LogP contribution in [0.3, 0.4) is 0 Å². The first-order chi connectivity index (χ1) is 31.3. The van der Waals surface area contributed by atoms with E-state index in [0.29, 0.717) is 56.4 Å². The summed E-state index contributed by atoms with van der Waals surface area (Å²) in [5.41, 5.74) is 22.8. The normalized spacial score (nSPS) is 21.0. The van der Waals surface area contributed by atoms with Crippen molar-refractivity contribution in [3.05, 3.63) is 101 Å². The third-order valence-corrected chi connectivity index (χ3v) is 12.6. The van der Waals surface area contributed by atoms with E-state index in [1.54, 1.807) is 6.20 Å². The highest BCUT2D eigenvalue weighted by molar-refractivity contribution is 5.30. The first-order valence-electron chi connectivity index (χ1n) is 23.8. The zero-order valence-electron chi connectivity index (χ0n) is 39.6. The summed E-state index contributed by atoms with van der Waals surface area (Å²) >= 11 is 0. The number of pyridine rings is 4. The van der Waals surface area contributed by atoms with E-state index in [1.165, 1.54) is 105 Å². The number of aromatic nitrogens is 4. The van der Waals surface area contributed by atoms with Crippen molar-refractivity contribution < 1.29 is 14.2 Å². The number of nitrogens with two attached hydrogens (primary N) is 3. The first-order valence-corrected chi connectivity index (χ1v) is 23.8. The van der Waals surface area contributed by atoms with Crippen LogP contribution >= 0.6 is 0 Å². The van der Waals surface area contributed by atoms with Crippen molar-refractivity contribution in [1.82, 2.24) is 39.5 Å². The van der Waals surface area contributed by atoms with Crippen LogP contribution in [0, 0.1) is 0 Å². The van der Waals surface area contributed by atoms with Gasteiger partial charge in [-0.3, -0.25) is 29.6 Å². The van der Waals surface area contributed by atoms with Crippen molar-refractivity contribution in [2.24, 2.45) is 17.2 Å². The maximum Gasteiger partial charge on any atom is 0.218 e. The zero-order chi connectivity index (χ0) is 45.5. The van der Waals surface area contributed by atoms with Gasteiger partial charge in [0.05, 0.1) is 12.8 Å². The number of hydrogen-bond acceptors (Lipinski definition) is 14. The van der Waals surface area contributed by atoms with Crippen molar-refractivity contribution >= 4 is 0 Å². The van der Waals surface area contributed by atoms with Gasteiger partial charge >= 0.3 is 0 Å². The van der Waals surface area contributed by atoms with E-state index in [9.17, 15) is 0 Å². The molecule has 14 heteroatoms. The Balaban J connectivity index is 0.000000189. The number of hydrogen-bond donors (Lipinski definition) is 3. The molecule has 6 N–H and O–H groups in total. The second-order valence-electron chi connectivity index (χ2n) is 17.5. The lowest BCUT2D eigenvalue weighted by atomic mass is 10.0. The smallest absolute Gasteiger partial charge is 0.218 e. The number of ether oxygens (including phenoxy) is 3. The monoisotopic (exact) mass is 898 g/mol. The summed E-state index contributed by atoms with van der Waals surface area (Å²) in [5, 5.41) is 0. The molecule has 4 aromatic rings. The number of likely N-dealkylation sites (tertiary alicyclic amines) is 4. The average molecular weight is 898 g/mol. The van der Waals surface area contributed by atoms with Crippen molar-refractivity contribution in [3.63, 3.8) is 0 Å². The summed E-state index contributed by atoms with van der Waals surface area (Å²) in [6, 6.07) is 14.6. The van der Waals surface area contributed by atoms with E-state index < -0.39 is 0 Å². The van der Waals surface area contributed by atoms with Crippen LogP contribution in [0.1, 0.15) is 131 Å². The minimum atomic E-state index is 0. The molecule has 0 spiro atoms. The fraction of sp³-hybridized carbons (Fsp3) is 0.608. The highest BCUT2D eigenvalue weighted by Gasteiger charge is 2.27. The van der Waals surface area contributed by atoms with Gasteiger partial charge in [0.15, 0.2) is 0 Å². The summed E-state index contributed by atoms with van der Waals surface area (Å²) in [5.74, 6) is 2.31. The predicted molar refractivity (Wildman–Crippen MR) is 264 cm³/mol. The molecule has 0 amide bonds. The van der Waals surface area contributed by atoms with Gasteiger partial charge in [0.2, 0.25) is 11.8 Å². The molecule has 14 nitrogen and oxygen atoms in total. The van der Waals surface area contributed by atoms with Gasteiger partial charge in [0.25, 0.3) is 0 Å². The summed E-state index contributed by atoms with van der Waals surface area (Å²) in [4.78, 5) is 26.8. The molecule has 65 heavy (non-hydrogen) atoms. The molecule has 4 atom stereocenters. The van der Waals surface area contributed by atoms with E-state index in [-0.39, 0.29) is 7.43 Å². The molecule has 0 aromatic carbocycles. The van der Waals surface area contributed by atoms with Crippen LogP contribution in [0.25, 0.3) is 0 Å². The molecule has 0 unspecified atom stereocenters. The molecule has 0 aliphatic carbocycles. The summed E-state index contributed by atoms with van der Waals surface area (Å²) in [6.45, 7) is 10.5. The second kappa shape index (κ2) is 29.4. The van der Waals surface area contributed by atoms with Gasteiger partial charge in [-0.05, 0) is 166 Å². The number of nitrogens with zero attached hydrogens (tertiary/aromatic N) is 8. The SMILES string of the molecule is C.CCCOc1ncccc1[C@@H]1CCCN1C.CN1CCC[C@H]1c1ccc(OCCN)nc1.CN1CCC[C@H]1c1cncc(CCCN)c1.CN1CCC[C@H]1c1cncc(OCCN)c1. The minimum absolute atomic E-state index is 0. The van der Waals surface area contributed by atoms with E-state index in [4.69, 9.17) is 31.4 Å². The van der Waals surface area contributed by atoms with Gasteiger partial charge in [-0.25, -0.2) is 9.97 Å². The molecular weight excluding hydrogens is 815 g/mol. The molecule has 4 aromatic heterocycles. The highest BCUT2D eigenvalue weighted by Crippen LogP contribution is 2.35. The molecule has 0 radical (unpaired) electrons. The fourth-order valence-electron chi connectivity index (χ4n) is 9.12. The first kappa shape index (κ1) is 53.3. The van der Waals surface area contributed by atoms with E-state index in [1.807, 2.05) is 43.1 Å². The van der Waals surface area contributed by atoms with Crippen LogP contribution in [0.5, 0.6) is 17.5 Å². The second-order valence-corrected chi connectivity index (χ2v) is 17.5. The van der Waals surface area contributed by atoms with Gasteiger partial charge in [-0.2, -0.15) is 0 Å². The van der Waals surface area contributed by atoms with Crippen LogP contribution in [-0.4, -0.2) is 133 Å². The molecule has 4 aliphatic heterocycles. The lowest BCUT2D eigenvalue weighted by Gasteiger charge is -2.21. The molecule has 8 heterocycles. The summed E-state index contributed by atoms with van der Waals surface area (Å²) in [7, 11) is 8.69. The Bertz CT molecular complexity index is 1820. The van der Waals surface area contributed by atoms with Crippen molar-refractivity contribution in [3.8, 4) is 17.5 Å². The maximum atomic E-state index is 5.71. The number of rotatable bonds is 16. The van der Waals surface area contributed by atoms with Crippen LogP contribution in [0.4, 0.5) is 0 Å². The molecule has 4 fully saturated rings. The quantitative estimate of drug-likeness (QED) is 0.102. The standard InChI is InChI=1S/C13H21N3.C13H20N2O.2C12H19N3O.CH4/c1-16-7-3-5-13(16)12-8-11(4-2-6-14)9-15-10-12;1-3-10-16-13-11(6-4-8-14-13)12-7-5-9-15(12)2;1-15-7-2-3-11(15)10-4-5-12(14-9-10)16-8-6-13;1-15-5-2-3-12(15)10-7-11(9-14-8-10)16-6-4-13;/h8-10,13H,2-7,14H2,1H3;4,6,8,12H,3,5,7,9-10H2,1-2H3;4-5,9,11H,2-3,6-8,13H2,1H3;7-9,12H,2-6,13H2,1H3;1H4/t13-;12-;11-;12-;/m0000./s1. The van der Waals surface area contributed by atoms with E-state index >= 15 is 0 Å². The third-order valence-electron chi connectivity index (χ3n) is 12.6. The maximum absolute atomic E-state index is 5.71. The molecule has 0 saturated carbocycles. The fourth-order valence-corrected chi connectivity index (χ4v) is 9.12. The Morgan fingerprint density at radius 2 is 1.15 bits per heavy atom. The molecule has 4 aliphatic rings. The molecule has 0 bridgehead atoms. The van der Waals surface area contributed by atoms with Crippen molar-refractivity contribution in [2.45, 2.75) is 109 Å². The van der Waals surface area contributed by atoms with Gasteiger partial charge in [0, 0.05) is 79.9 Å². The lowest BCUT2D eigenvalue weighted by molar-refractivity contribution is 0.275. The van der Waals surface area contributed by atoms with Crippen LogP contribution in [-0.2, 0) is 6.42 Å². The average Bonchev–Trinajstić information content (AvgIpc) is 4.16. The predicted octanol–water partition coefficient (Wildman–Crippen LogP) is 7.38. The summed E-state index contributed by atoms with van der Waals surface area (Å²) < 4.78 is 16.5. The van der Waals surface area contributed by atoms with Crippen LogP contribution < -0.4 is 31.4 Å². The van der Waals surface area contributed by atoms with Gasteiger partial charge in [-0.1, -0.05) is 32.5 Å². The minimum Gasteiger partial charge on any atom is -0.491 e. The highest BCUT2D eigenvalue weighted by atomic mass is 16.5. The Morgan fingerprint density at radius 1 is 0.585 bits per heavy atom. The van der Waals surface area contributed by atoms with Crippen molar-refractivity contribution in [2.75, 3.05) is 93.8 Å². The zero-order valence-corrected chi connectivity index (χ0v) is 39.6. The van der Waals surface area contributed by atoms with Gasteiger partial charge in [-0.15, -0.1) is 0 Å². The van der Waals surface area contributed by atoms with Crippen molar-refractivity contribution in [1.29, 1.82) is 0 Å². The largest absolute Gasteiger partial charge is 0.491 e. The van der Waals surface area contributed by atoms with Crippen LogP contribution in [0.15, 0.2) is 73.6 Å². The topological polar surface area (TPSA) is 170 Å². The molecule has 4 saturated heterocycles. The third kappa shape index (κ3) is 16.8. The Kier molecular flexibility index (Phi) is 24.1. The lowest BCUT2D eigenvalue weighted by Crippen LogP contribution is -2.18. The number of aryl methyl sites for hydroxylation is 1.